The van der Waals surface area contributed by atoms with Crippen LogP contribution in [0.25, 0.3) is 87.7 Å². The summed E-state index contributed by atoms with van der Waals surface area (Å²) in [5.74, 6) is 1.39. The van der Waals surface area contributed by atoms with Crippen LogP contribution in [0.3, 0.4) is 0 Å². The molecule has 0 spiro atoms. The molecule has 4 nitrogen and oxygen atoms in total. The molecule has 0 aliphatic carbocycles. The molecule has 51 heavy (non-hydrogen) atoms. The first-order valence-electron chi connectivity index (χ1n) is 17.0. The minimum Gasteiger partial charge on any atom is -0.476 e. The Balaban J connectivity index is 0.000000162. The summed E-state index contributed by atoms with van der Waals surface area (Å²) in [5.41, 5.74) is 6.08. The van der Waals surface area contributed by atoms with E-state index in [4.69, 9.17) is 4.42 Å². The van der Waals surface area contributed by atoms with E-state index in [1.54, 1.807) is 6.20 Å². The SMILES string of the molecule is CC(C)c1ccnc(-c2[c-]ccc3ccccc23)c1.Cn1ccnc1-c1[c-]cc2c(c1)oc1cc3c4ccccc4c4ccccc4c3cc12.[Ir]. The van der Waals surface area contributed by atoms with Crippen LogP contribution in [-0.2, 0) is 27.2 Å². The molecule has 0 aliphatic heterocycles. The minimum absolute atomic E-state index is 0. The fourth-order valence-corrected chi connectivity index (χ4v) is 7.18. The van der Waals surface area contributed by atoms with Gasteiger partial charge in [0, 0.05) is 45.7 Å². The number of nitrogens with zero attached hydrogens (tertiary/aromatic N) is 3. The zero-order valence-corrected chi connectivity index (χ0v) is 30.8. The maximum atomic E-state index is 6.34. The normalized spacial score (nSPS) is 11.5. The fraction of sp³-hybridized carbons (Fsp3) is 0.0870. The molecule has 7 aromatic carbocycles. The summed E-state index contributed by atoms with van der Waals surface area (Å²) in [6.07, 6.45) is 5.63. The molecule has 0 N–H and O–H groups in total. The number of aryl methyl sites for hydroxylation is 1. The molecule has 10 aromatic rings. The van der Waals surface area contributed by atoms with Gasteiger partial charge in [-0.25, -0.2) is 0 Å². The summed E-state index contributed by atoms with van der Waals surface area (Å²) < 4.78 is 8.34. The Kier molecular flexibility index (Phi) is 8.47. The molecule has 0 aliphatic rings. The van der Waals surface area contributed by atoms with Crippen molar-refractivity contribution in [2.75, 3.05) is 0 Å². The summed E-state index contributed by atoms with van der Waals surface area (Å²) in [6, 6.07) is 49.2. The van der Waals surface area contributed by atoms with Crippen LogP contribution in [0.5, 0.6) is 0 Å². The summed E-state index contributed by atoms with van der Waals surface area (Å²) in [4.78, 5) is 8.96. The zero-order chi connectivity index (χ0) is 33.8. The van der Waals surface area contributed by atoms with E-state index in [2.05, 4.69) is 139 Å². The number of hydrogen-bond donors (Lipinski definition) is 0. The van der Waals surface area contributed by atoms with Gasteiger partial charge in [-0.1, -0.05) is 121 Å². The van der Waals surface area contributed by atoms with E-state index in [0.29, 0.717) is 5.92 Å². The number of furan rings is 1. The Hall–Kier alpha value is -5.61. The number of benzene rings is 7. The third-order valence-corrected chi connectivity index (χ3v) is 9.76. The quantitative estimate of drug-likeness (QED) is 0.132. The van der Waals surface area contributed by atoms with E-state index < -0.39 is 0 Å². The second-order valence-electron chi connectivity index (χ2n) is 13.1. The standard InChI is InChI=1S/C28H17N2O.C18H16N.Ir/c1-30-13-12-29-28(30)17-10-11-22-25-15-23-20-8-4-2-6-18(20)19-7-3-5-9-21(19)24(23)16-27(25)31-26(22)14-17;1-13(2)15-10-11-19-18(12-15)17-9-5-7-14-6-3-4-8-16(14)17;/h2-9,11-16H,1H3;3-8,10-13H,1-2H3;/q2*-1;. The van der Waals surface area contributed by atoms with Gasteiger partial charge in [-0.2, -0.15) is 0 Å². The molecule has 0 bridgehead atoms. The van der Waals surface area contributed by atoms with Crippen LogP contribution in [0.2, 0.25) is 0 Å². The second-order valence-corrected chi connectivity index (χ2v) is 13.1. The summed E-state index contributed by atoms with van der Waals surface area (Å²) in [5, 5.41) is 12.2. The third-order valence-electron chi connectivity index (χ3n) is 9.76. The van der Waals surface area contributed by atoms with Crippen molar-refractivity contribution < 1.29 is 24.5 Å². The van der Waals surface area contributed by atoms with Crippen molar-refractivity contribution in [1.82, 2.24) is 14.5 Å². The van der Waals surface area contributed by atoms with Crippen molar-refractivity contribution in [3.63, 3.8) is 0 Å². The topological polar surface area (TPSA) is 43.9 Å². The van der Waals surface area contributed by atoms with Gasteiger partial charge >= 0.3 is 0 Å². The second kappa shape index (κ2) is 13.3. The van der Waals surface area contributed by atoms with E-state index in [9.17, 15) is 0 Å². The minimum atomic E-state index is 0. The van der Waals surface area contributed by atoms with Crippen molar-refractivity contribution in [2.24, 2.45) is 7.05 Å². The molecule has 0 unspecified atom stereocenters. The van der Waals surface area contributed by atoms with Gasteiger partial charge in [0.1, 0.15) is 5.58 Å². The molecule has 0 saturated carbocycles. The van der Waals surface area contributed by atoms with E-state index in [1.165, 1.54) is 48.7 Å². The van der Waals surface area contributed by atoms with Crippen LogP contribution < -0.4 is 0 Å². The van der Waals surface area contributed by atoms with E-state index >= 15 is 0 Å². The summed E-state index contributed by atoms with van der Waals surface area (Å²) >= 11 is 0. The molecular formula is C46H33IrN3O-2. The molecule has 1 radical (unpaired) electrons. The zero-order valence-electron chi connectivity index (χ0n) is 28.4. The van der Waals surface area contributed by atoms with Gasteiger partial charge in [-0.05, 0) is 61.4 Å². The van der Waals surface area contributed by atoms with Gasteiger partial charge in [0.15, 0.2) is 0 Å². The van der Waals surface area contributed by atoms with Crippen molar-refractivity contribution in [1.29, 1.82) is 0 Å². The molecular weight excluding hydrogens is 803 g/mol. The molecule has 0 fully saturated rings. The molecule has 249 valence electrons. The molecule has 3 aromatic heterocycles. The third kappa shape index (κ3) is 5.69. The predicted molar refractivity (Wildman–Crippen MR) is 207 cm³/mol. The van der Waals surface area contributed by atoms with Crippen LogP contribution in [-0.4, -0.2) is 14.5 Å². The average Bonchev–Trinajstić information content (AvgIpc) is 3.76. The van der Waals surface area contributed by atoms with E-state index in [-0.39, 0.29) is 20.1 Å². The van der Waals surface area contributed by atoms with Gasteiger partial charge < -0.3 is 14.0 Å². The van der Waals surface area contributed by atoms with Gasteiger partial charge in [-0.3, -0.25) is 4.98 Å². The molecule has 0 saturated heterocycles. The van der Waals surface area contributed by atoms with Crippen LogP contribution in [0.1, 0.15) is 25.3 Å². The molecule has 3 heterocycles. The number of hydrogen-bond acceptors (Lipinski definition) is 3. The molecule has 10 rings (SSSR count). The summed E-state index contributed by atoms with van der Waals surface area (Å²) in [7, 11) is 1.99. The van der Waals surface area contributed by atoms with Gasteiger partial charge in [0.25, 0.3) is 0 Å². The summed E-state index contributed by atoms with van der Waals surface area (Å²) in [6.45, 7) is 4.40. The first-order chi connectivity index (χ1) is 24.5. The van der Waals surface area contributed by atoms with E-state index in [1.807, 2.05) is 42.2 Å². The van der Waals surface area contributed by atoms with Crippen molar-refractivity contribution in [3.8, 4) is 22.6 Å². The fourth-order valence-electron chi connectivity index (χ4n) is 7.18. The maximum Gasteiger partial charge on any atom is 0.124 e. The Labute approximate surface area is 309 Å². The number of aromatic nitrogens is 3. The number of fused-ring (bicyclic) bond motifs is 10. The van der Waals surface area contributed by atoms with Crippen LogP contribution >= 0.6 is 0 Å². The Bertz CT molecular complexity index is 2880. The smallest absolute Gasteiger partial charge is 0.124 e. The monoisotopic (exact) mass is 836 g/mol. The Morgan fingerprint density at radius 3 is 1.94 bits per heavy atom. The van der Waals surface area contributed by atoms with Crippen molar-refractivity contribution in [3.05, 3.63) is 158 Å². The van der Waals surface area contributed by atoms with Gasteiger partial charge in [0.2, 0.25) is 0 Å². The van der Waals surface area contributed by atoms with Crippen LogP contribution in [0.15, 0.2) is 144 Å². The Morgan fingerprint density at radius 2 is 1.25 bits per heavy atom. The molecule has 5 heteroatoms. The van der Waals surface area contributed by atoms with Crippen molar-refractivity contribution in [2.45, 2.75) is 19.8 Å². The predicted octanol–water partition coefficient (Wildman–Crippen LogP) is 12.1. The molecule has 0 amide bonds. The van der Waals surface area contributed by atoms with E-state index in [0.717, 1.165) is 44.6 Å². The first kappa shape index (κ1) is 32.6. The number of imidazole rings is 1. The van der Waals surface area contributed by atoms with Crippen molar-refractivity contribution >= 4 is 65.0 Å². The average molecular weight is 836 g/mol. The van der Waals surface area contributed by atoms with Crippen LogP contribution in [0, 0.1) is 12.1 Å². The maximum absolute atomic E-state index is 6.34. The number of rotatable bonds is 3. The Morgan fingerprint density at radius 1 is 0.608 bits per heavy atom. The van der Waals surface area contributed by atoms with Crippen LogP contribution in [0.4, 0.5) is 0 Å². The number of pyridine rings is 1. The molecule has 0 atom stereocenters. The van der Waals surface area contributed by atoms with Gasteiger partial charge in [0.05, 0.1) is 11.4 Å². The first-order valence-corrected chi connectivity index (χ1v) is 17.0. The van der Waals surface area contributed by atoms with Gasteiger partial charge in [-0.15, -0.1) is 46.8 Å². The largest absolute Gasteiger partial charge is 0.476 e.